The Kier molecular flexibility index (Phi) is 5.84. The Morgan fingerprint density at radius 3 is 2.60 bits per heavy atom. The lowest BCUT2D eigenvalue weighted by molar-refractivity contribution is 0.156. The van der Waals surface area contributed by atoms with E-state index in [0.717, 1.165) is 24.3 Å². The summed E-state index contributed by atoms with van der Waals surface area (Å²) < 4.78 is 30.6. The van der Waals surface area contributed by atoms with Crippen LogP contribution in [-0.2, 0) is 35.2 Å². The molecule has 3 aromatic rings. The van der Waals surface area contributed by atoms with E-state index in [1.165, 1.54) is 5.69 Å². The predicted molar refractivity (Wildman–Crippen MR) is 118 cm³/mol. The average molecular weight is 427 g/mol. The number of sulfone groups is 1. The van der Waals surface area contributed by atoms with Gasteiger partial charge in [0, 0.05) is 44.1 Å². The summed E-state index contributed by atoms with van der Waals surface area (Å²) in [6, 6.07) is 13.8. The van der Waals surface area contributed by atoms with Crippen LogP contribution in [0.3, 0.4) is 0 Å². The molecule has 0 aliphatic carbocycles. The van der Waals surface area contributed by atoms with E-state index < -0.39 is 9.84 Å². The van der Waals surface area contributed by atoms with Crippen molar-refractivity contribution in [3.05, 3.63) is 71.8 Å². The van der Waals surface area contributed by atoms with Gasteiger partial charge < -0.3 is 9.13 Å². The van der Waals surface area contributed by atoms with Gasteiger partial charge in [-0.3, -0.25) is 4.90 Å². The zero-order valence-electron chi connectivity index (χ0n) is 17.9. The van der Waals surface area contributed by atoms with Crippen LogP contribution >= 0.6 is 0 Å². The van der Waals surface area contributed by atoms with Gasteiger partial charge >= 0.3 is 0 Å². The molecule has 4 rings (SSSR count). The van der Waals surface area contributed by atoms with Gasteiger partial charge in [0.05, 0.1) is 17.6 Å². The second-order valence-electron chi connectivity index (χ2n) is 8.55. The van der Waals surface area contributed by atoms with Gasteiger partial charge in [0.15, 0.2) is 0 Å². The van der Waals surface area contributed by atoms with Crippen molar-refractivity contribution in [2.45, 2.75) is 57.4 Å². The summed E-state index contributed by atoms with van der Waals surface area (Å²) in [7, 11) is -3.53. The van der Waals surface area contributed by atoms with Gasteiger partial charge in [-0.1, -0.05) is 44.2 Å². The molecule has 0 amide bonds. The first-order valence-electron chi connectivity index (χ1n) is 10.6. The van der Waals surface area contributed by atoms with Crippen LogP contribution in [-0.4, -0.2) is 34.0 Å². The monoisotopic (exact) mass is 426 g/mol. The number of hydrogen-bond acceptors (Lipinski definition) is 4. The fourth-order valence-electron chi connectivity index (χ4n) is 4.24. The number of nitrogens with zero attached hydrogens (tertiary/aromatic N) is 4. The lowest BCUT2D eigenvalue weighted by atomic mass is 10.1. The van der Waals surface area contributed by atoms with Gasteiger partial charge in [0.1, 0.15) is 0 Å². The van der Waals surface area contributed by atoms with Gasteiger partial charge in [-0.05, 0) is 30.5 Å². The van der Waals surface area contributed by atoms with E-state index >= 15 is 0 Å². The maximum atomic E-state index is 13.2. The molecule has 3 heterocycles. The molecular weight excluding hydrogens is 396 g/mol. The number of imidazole rings is 1. The lowest BCUT2D eigenvalue weighted by Crippen LogP contribution is -2.36. The molecule has 0 saturated heterocycles. The third-order valence-electron chi connectivity index (χ3n) is 5.76. The molecule has 1 aromatic carbocycles. The molecule has 1 atom stereocenters. The average Bonchev–Trinajstić information content (AvgIpc) is 3.32. The Hall–Kier alpha value is -2.38. The quantitative estimate of drug-likeness (QED) is 0.575. The largest absolute Gasteiger partial charge is 0.349 e. The number of benzene rings is 1. The first kappa shape index (κ1) is 20.9. The highest BCUT2D eigenvalue weighted by Gasteiger charge is 2.28. The van der Waals surface area contributed by atoms with Crippen LogP contribution in [0.2, 0.25) is 0 Å². The second kappa shape index (κ2) is 8.40. The summed E-state index contributed by atoms with van der Waals surface area (Å²) >= 11 is 0. The van der Waals surface area contributed by atoms with Crippen LogP contribution in [0.15, 0.2) is 60.0 Å². The van der Waals surface area contributed by atoms with E-state index in [0.29, 0.717) is 19.0 Å². The Morgan fingerprint density at radius 2 is 1.87 bits per heavy atom. The van der Waals surface area contributed by atoms with Crippen molar-refractivity contribution in [2.75, 3.05) is 6.54 Å². The summed E-state index contributed by atoms with van der Waals surface area (Å²) in [5.41, 5.74) is 3.04. The molecule has 0 fully saturated rings. The van der Waals surface area contributed by atoms with Crippen LogP contribution in [0.5, 0.6) is 0 Å². The van der Waals surface area contributed by atoms with Crippen molar-refractivity contribution in [1.82, 2.24) is 19.0 Å². The minimum absolute atomic E-state index is 0.0317. The second-order valence-corrected chi connectivity index (χ2v) is 10.4. The Bertz CT molecular complexity index is 1100. The standard InChI is InChI=1S/C23H30N4O2S/c1-18(2)15-27-21(16-26-13-12-25-11-7-10-22(25)19(26)3)14-24-23(27)30(28,29)17-20-8-5-4-6-9-20/h4-11,14,18-19H,12-13,15-17H2,1-3H3. The molecule has 1 aliphatic heterocycles. The molecular formula is C23H30N4O2S. The van der Waals surface area contributed by atoms with E-state index in [9.17, 15) is 8.42 Å². The van der Waals surface area contributed by atoms with Crippen molar-refractivity contribution < 1.29 is 8.42 Å². The highest BCUT2D eigenvalue weighted by atomic mass is 32.2. The summed E-state index contributed by atoms with van der Waals surface area (Å²) in [5, 5.41) is 0.183. The highest BCUT2D eigenvalue weighted by molar-refractivity contribution is 7.90. The Labute approximate surface area is 179 Å². The number of hydrogen-bond donors (Lipinski definition) is 0. The summed E-state index contributed by atoms with van der Waals surface area (Å²) in [5.74, 6) is 0.287. The van der Waals surface area contributed by atoms with Crippen LogP contribution in [0.25, 0.3) is 0 Å². The first-order chi connectivity index (χ1) is 14.3. The fourth-order valence-corrected chi connectivity index (χ4v) is 5.74. The molecule has 0 saturated carbocycles. The van der Waals surface area contributed by atoms with E-state index in [1.54, 1.807) is 6.20 Å². The number of aromatic nitrogens is 3. The summed E-state index contributed by atoms with van der Waals surface area (Å²) in [6.07, 6.45) is 3.88. The molecule has 0 radical (unpaired) electrons. The predicted octanol–water partition coefficient (Wildman–Crippen LogP) is 3.89. The minimum atomic E-state index is -3.53. The molecule has 7 heteroatoms. The van der Waals surface area contributed by atoms with E-state index in [1.807, 2.05) is 34.9 Å². The van der Waals surface area contributed by atoms with Crippen molar-refractivity contribution in [2.24, 2.45) is 5.92 Å². The number of rotatable bonds is 7. The Morgan fingerprint density at radius 1 is 1.10 bits per heavy atom. The van der Waals surface area contributed by atoms with Gasteiger partial charge in [0.2, 0.25) is 15.0 Å². The SMILES string of the molecule is CC(C)Cn1c(CN2CCn3cccc3C2C)cnc1S(=O)(=O)Cc1ccccc1. The van der Waals surface area contributed by atoms with Gasteiger partial charge in [0.25, 0.3) is 0 Å². The Balaban J connectivity index is 1.62. The fraction of sp³-hybridized carbons (Fsp3) is 0.435. The van der Waals surface area contributed by atoms with Crippen molar-refractivity contribution in [1.29, 1.82) is 0 Å². The maximum Gasteiger partial charge on any atom is 0.228 e. The molecule has 0 bridgehead atoms. The topological polar surface area (TPSA) is 60.1 Å². The van der Waals surface area contributed by atoms with Crippen molar-refractivity contribution in [3.63, 3.8) is 0 Å². The van der Waals surface area contributed by atoms with Crippen LogP contribution < -0.4 is 0 Å². The maximum absolute atomic E-state index is 13.2. The van der Waals surface area contributed by atoms with Crippen LogP contribution in [0.1, 0.15) is 43.8 Å². The lowest BCUT2D eigenvalue weighted by Gasteiger charge is -2.35. The van der Waals surface area contributed by atoms with Crippen molar-refractivity contribution in [3.8, 4) is 0 Å². The highest BCUT2D eigenvalue weighted by Crippen LogP contribution is 2.28. The normalized spacial score (nSPS) is 17.4. The zero-order chi connectivity index (χ0) is 21.3. The molecule has 1 aliphatic rings. The zero-order valence-corrected chi connectivity index (χ0v) is 18.7. The molecule has 0 N–H and O–H groups in total. The smallest absolute Gasteiger partial charge is 0.228 e. The van der Waals surface area contributed by atoms with Crippen molar-refractivity contribution >= 4 is 9.84 Å². The van der Waals surface area contributed by atoms with E-state index in [2.05, 4.69) is 53.6 Å². The summed E-state index contributed by atoms with van der Waals surface area (Å²) in [4.78, 5) is 6.80. The summed E-state index contributed by atoms with van der Waals surface area (Å²) in [6.45, 7) is 9.62. The van der Waals surface area contributed by atoms with Gasteiger partial charge in [-0.25, -0.2) is 13.4 Å². The van der Waals surface area contributed by atoms with Crippen LogP contribution in [0.4, 0.5) is 0 Å². The van der Waals surface area contributed by atoms with Crippen LogP contribution in [0, 0.1) is 5.92 Å². The third-order valence-corrected chi connectivity index (χ3v) is 7.36. The number of fused-ring (bicyclic) bond motifs is 1. The first-order valence-corrected chi connectivity index (χ1v) is 12.2. The molecule has 30 heavy (non-hydrogen) atoms. The molecule has 160 valence electrons. The third kappa shape index (κ3) is 4.23. The molecule has 6 nitrogen and oxygen atoms in total. The molecule has 2 aromatic heterocycles. The van der Waals surface area contributed by atoms with E-state index in [4.69, 9.17) is 0 Å². The van der Waals surface area contributed by atoms with Gasteiger partial charge in [-0.2, -0.15) is 0 Å². The minimum Gasteiger partial charge on any atom is -0.349 e. The van der Waals surface area contributed by atoms with Gasteiger partial charge in [-0.15, -0.1) is 0 Å². The van der Waals surface area contributed by atoms with E-state index in [-0.39, 0.29) is 17.0 Å². The molecule has 1 unspecified atom stereocenters. The molecule has 0 spiro atoms.